The van der Waals surface area contributed by atoms with Crippen LogP contribution >= 0.6 is 0 Å². The van der Waals surface area contributed by atoms with E-state index in [2.05, 4.69) is 41.2 Å². The Morgan fingerprint density at radius 2 is 1.19 bits per heavy atom. The van der Waals surface area contributed by atoms with E-state index < -0.39 is 181 Å². The van der Waals surface area contributed by atoms with E-state index in [1.54, 1.807) is 0 Å². The van der Waals surface area contributed by atoms with Gasteiger partial charge in [0.05, 0.1) is 61.0 Å². The molecule has 0 saturated carbocycles. The Morgan fingerprint density at radius 3 is 1.78 bits per heavy atom. The zero-order chi connectivity index (χ0) is 77.7. The molecule has 1 unspecified atom stereocenters. The first-order valence-corrected chi connectivity index (χ1v) is 34.4. The number of rotatable bonds is 50. The molecule has 6 rings (SSSR count). The Balaban J connectivity index is 1.07. The molecule has 0 bridgehead atoms. The lowest BCUT2D eigenvalue weighted by Gasteiger charge is -2.24. The number of aromatic carboxylic acids is 1. The van der Waals surface area contributed by atoms with Crippen molar-refractivity contribution >= 4 is 93.1 Å². The number of phenols is 1. The van der Waals surface area contributed by atoms with Crippen molar-refractivity contribution in [2.24, 2.45) is 35.3 Å². The van der Waals surface area contributed by atoms with Crippen molar-refractivity contribution in [1.29, 1.82) is 0 Å². The number of hydrogen-bond acceptors (Lipinski definition) is 23. The Kier molecular flexibility index (Phi) is 32.8. The van der Waals surface area contributed by atoms with Gasteiger partial charge in [0.25, 0.3) is 5.91 Å². The van der Waals surface area contributed by atoms with Gasteiger partial charge in [0.1, 0.15) is 41.9 Å². The molecule has 4 aromatic rings. The minimum atomic E-state index is -1.44. The number of ketones is 6. The van der Waals surface area contributed by atoms with Gasteiger partial charge >= 0.3 is 17.9 Å². The maximum absolute atomic E-state index is 13.9. The summed E-state index contributed by atoms with van der Waals surface area (Å²) in [6, 6.07) is 9.47. The molecule has 33 nitrogen and oxygen atoms in total. The Labute approximate surface area is 606 Å². The number of phenolic OH excluding ortho intramolecular Hbond substituents is 1. The molecule has 9 atom stereocenters. The predicted molar refractivity (Wildman–Crippen MR) is 374 cm³/mol. The second kappa shape index (κ2) is 41.5. The fourth-order valence-electron chi connectivity index (χ4n) is 12.0. The summed E-state index contributed by atoms with van der Waals surface area (Å²) in [5.74, 6) is -17.0. The maximum atomic E-state index is 13.9. The third-order valence-corrected chi connectivity index (χ3v) is 17.7. The SMILES string of the molecule is CC(=O)C[C@H](CCC(=O)O)C(=O)N[C@H](Cc1cnc[nH]1)C(=O)CC(C(=O)CCCOCC(=O)C[C@H](CCCCNC(=O)c1ccc(C(=O)O)c(-c2c3ccc(=O)cc-3oc3cc(O)ccc23)c1)C(=O)NCCOCC(=O)C[C@@H](C(=O)N[C@H](Cc1cnc[nH]1)C(=O)C[C@H](CCC(=O)O)C(N)=O)[C@H](C)O)[C@H](C)O. The van der Waals surface area contributed by atoms with Crippen LogP contribution in [0.3, 0.4) is 0 Å². The third-order valence-electron chi connectivity index (χ3n) is 17.7. The number of aromatic amines is 2. The molecule has 0 saturated heterocycles. The summed E-state index contributed by atoms with van der Waals surface area (Å²) in [4.78, 5) is 208. The lowest BCUT2D eigenvalue weighted by Crippen LogP contribution is -2.48. The molecule has 3 heterocycles. The number of ether oxygens (including phenoxy) is 2. The van der Waals surface area contributed by atoms with Crippen LogP contribution in [-0.2, 0) is 79.8 Å². The second-order valence-electron chi connectivity index (χ2n) is 26.1. The summed E-state index contributed by atoms with van der Waals surface area (Å²) < 4.78 is 17.1. The first kappa shape index (κ1) is 83.9. The van der Waals surface area contributed by atoms with Gasteiger partial charge in [-0.15, -0.1) is 0 Å². The minimum absolute atomic E-state index is 0.0160. The number of fused-ring (bicyclic) bond motifs is 2. The molecule has 0 fully saturated rings. The van der Waals surface area contributed by atoms with Gasteiger partial charge in [0.15, 0.2) is 28.6 Å². The molecule has 1 aliphatic carbocycles. The number of aliphatic hydroxyl groups is 2. The van der Waals surface area contributed by atoms with E-state index in [4.69, 9.17) is 24.7 Å². The number of benzene rings is 3. The number of nitrogens with zero attached hydrogens (tertiary/aromatic N) is 2. The van der Waals surface area contributed by atoms with Gasteiger partial charge in [-0.2, -0.15) is 0 Å². The number of H-pyrrole nitrogens is 2. The number of carboxylic acids is 3. The minimum Gasteiger partial charge on any atom is -0.508 e. The molecule has 14 N–H and O–H groups in total. The van der Waals surface area contributed by atoms with E-state index in [0.717, 1.165) is 0 Å². The fourth-order valence-corrected chi connectivity index (χ4v) is 12.0. The molecule has 0 radical (unpaired) electrons. The average molecular weight is 1480 g/mol. The van der Waals surface area contributed by atoms with Crippen LogP contribution in [0.5, 0.6) is 5.75 Å². The number of nitrogens with two attached hydrogens (primary N) is 1. The molecule has 570 valence electrons. The standard InChI is InChI=1S/C73H89N9O24/c1-39(83)23-44(11-18-66(95)96)71(100)81-59(28-47-34-76-38-80-47)62(92)32-55(40(2)84)60(90)8-6-21-104-35-50(88)24-43(7-4-5-19-77-70(99)45-9-14-52(73(102)103)57(25-45)67-53-15-12-48(86)30-63(53)106-64-31-49(87)13-16-54(64)67)69(98)78-20-22-105-36-51(89)29-56(41(3)85)72(101)82-58(27-46-33-75-37-79-46)61(91)26-42(68(74)97)10-17-65(93)94/h9,12-16,25,30-31,33-34,37-38,40-44,55-56,58-59,84-86H,4-8,10-11,17-24,26-29,32,35-36H2,1-3H3,(H2,74,97)(H,75,79)(H,76,80)(H,77,99)(H,78,98)(H,81,100)(H,82,101)(H,93,94)(H,95,96)(H,102,103)/t40-,41-,42-,43-,44-,55?,56+,58+,59+/m0/s1. The molecule has 2 aliphatic rings. The van der Waals surface area contributed by atoms with Crippen LogP contribution in [0.1, 0.15) is 143 Å². The first-order valence-electron chi connectivity index (χ1n) is 34.4. The van der Waals surface area contributed by atoms with Crippen molar-refractivity contribution in [3.63, 3.8) is 0 Å². The van der Waals surface area contributed by atoms with Gasteiger partial charge < -0.3 is 86.3 Å². The van der Waals surface area contributed by atoms with Crippen LogP contribution < -0.4 is 32.4 Å². The molecule has 33 heteroatoms. The topological polar surface area (TPSA) is 541 Å². The zero-order valence-corrected chi connectivity index (χ0v) is 58.8. The Bertz CT molecular complexity index is 4130. The summed E-state index contributed by atoms with van der Waals surface area (Å²) in [5.41, 5.74) is 6.64. The number of unbranched alkanes of at least 4 members (excludes halogenated alkanes) is 1. The number of carbonyl (C=O) groups excluding carboxylic acids is 11. The number of carbonyl (C=O) groups is 14. The molecule has 0 spiro atoms. The summed E-state index contributed by atoms with van der Waals surface area (Å²) in [6.45, 7) is 2.08. The van der Waals surface area contributed by atoms with Gasteiger partial charge in [0.2, 0.25) is 23.6 Å². The number of aromatic nitrogens is 4. The molecule has 2 aromatic heterocycles. The van der Waals surface area contributed by atoms with Crippen LogP contribution in [0.2, 0.25) is 0 Å². The van der Waals surface area contributed by atoms with E-state index in [-0.39, 0.29) is 136 Å². The highest BCUT2D eigenvalue weighted by atomic mass is 16.5. The molecule has 2 aromatic carbocycles. The molecular weight excluding hydrogens is 1390 g/mol. The van der Waals surface area contributed by atoms with Gasteiger partial charge in [-0.05, 0) is 101 Å². The number of Topliss-reactive ketones (excluding diaryl/α,β-unsaturated/α-hetero) is 6. The summed E-state index contributed by atoms with van der Waals surface area (Å²) in [6.07, 6.45) is -0.844. The van der Waals surface area contributed by atoms with Gasteiger partial charge in [-0.1, -0.05) is 6.42 Å². The van der Waals surface area contributed by atoms with Crippen molar-refractivity contribution in [2.45, 2.75) is 148 Å². The van der Waals surface area contributed by atoms with E-state index >= 15 is 0 Å². The van der Waals surface area contributed by atoms with Gasteiger partial charge in [-0.3, -0.25) is 62.3 Å². The average Bonchev–Trinajstić information content (AvgIpc) is 0.832. The lowest BCUT2D eigenvalue weighted by atomic mass is 9.87. The summed E-state index contributed by atoms with van der Waals surface area (Å²) >= 11 is 0. The van der Waals surface area contributed by atoms with Crippen molar-refractivity contribution in [3.05, 3.63) is 112 Å². The molecule has 1 aliphatic heterocycles. The fraction of sp³-hybridized carbons (Fsp3) is 0.466. The van der Waals surface area contributed by atoms with Crippen LogP contribution in [0, 0.1) is 29.6 Å². The van der Waals surface area contributed by atoms with Crippen LogP contribution in [0.15, 0.2) is 88.9 Å². The van der Waals surface area contributed by atoms with Crippen molar-refractivity contribution in [2.75, 3.05) is 39.5 Å². The summed E-state index contributed by atoms with van der Waals surface area (Å²) in [5, 5.41) is 71.4. The van der Waals surface area contributed by atoms with E-state index in [1.165, 1.54) is 100 Å². The van der Waals surface area contributed by atoms with Crippen LogP contribution in [0.25, 0.3) is 33.4 Å². The molecule has 106 heavy (non-hydrogen) atoms. The van der Waals surface area contributed by atoms with E-state index in [9.17, 15) is 97.5 Å². The van der Waals surface area contributed by atoms with Crippen LogP contribution in [-0.4, -0.2) is 197 Å². The van der Waals surface area contributed by atoms with Crippen LogP contribution in [0.4, 0.5) is 0 Å². The number of aliphatic hydroxyl groups excluding tert-OH is 2. The quantitative estimate of drug-likeness (QED) is 0.0193. The lowest BCUT2D eigenvalue weighted by molar-refractivity contribution is -0.139. The number of primary amides is 1. The number of nitrogens with one attached hydrogen (secondary N) is 6. The Morgan fingerprint density at radius 1 is 0.585 bits per heavy atom. The van der Waals surface area contributed by atoms with Gasteiger partial charge in [-0.25, -0.2) is 14.8 Å². The number of aliphatic carboxylic acids is 2. The largest absolute Gasteiger partial charge is 0.508 e. The second-order valence-corrected chi connectivity index (χ2v) is 26.1. The highest BCUT2D eigenvalue weighted by Gasteiger charge is 2.35. The Hall–Kier alpha value is -11.0. The molecule has 5 amide bonds. The van der Waals surface area contributed by atoms with Crippen molar-refractivity contribution in [3.8, 4) is 28.2 Å². The smallest absolute Gasteiger partial charge is 0.336 e. The number of aromatic hydroxyl groups is 1. The predicted octanol–water partition coefficient (Wildman–Crippen LogP) is 3.14. The number of amides is 5. The van der Waals surface area contributed by atoms with Crippen molar-refractivity contribution in [1.82, 2.24) is 41.2 Å². The van der Waals surface area contributed by atoms with E-state index in [1.807, 2.05) is 0 Å². The summed E-state index contributed by atoms with van der Waals surface area (Å²) in [7, 11) is 0. The van der Waals surface area contributed by atoms with Gasteiger partial charge in [0, 0.05) is 160 Å². The highest BCUT2D eigenvalue weighted by molar-refractivity contribution is 6.09. The zero-order valence-electron chi connectivity index (χ0n) is 58.8. The third kappa shape index (κ3) is 26.6. The molecular formula is C73H89N9O24. The number of hydrogen-bond donors (Lipinski definition) is 13. The number of imidazole rings is 2. The van der Waals surface area contributed by atoms with Crippen molar-refractivity contribution < 1.29 is 112 Å². The maximum Gasteiger partial charge on any atom is 0.336 e. The monoisotopic (exact) mass is 1480 g/mol. The van der Waals surface area contributed by atoms with E-state index in [0.29, 0.717) is 27.9 Å². The highest BCUT2D eigenvalue weighted by Crippen LogP contribution is 2.42. The first-order chi connectivity index (χ1) is 50.4. The number of carboxylic acid groups (broad SMARTS) is 3. The normalized spacial score (nSPS) is 13.9.